The van der Waals surface area contributed by atoms with Crippen LogP contribution < -0.4 is 15.8 Å². The number of hydrogen-bond donors (Lipinski definition) is 1. The second-order valence-corrected chi connectivity index (χ2v) is 8.16. The zero-order valence-electron chi connectivity index (χ0n) is 17.9. The van der Waals surface area contributed by atoms with Crippen LogP contribution in [-0.2, 0) is 24.8 Å². The molecule has 5 rings (SSSR count). The average Bonchev–Trinajstić information content (AvgIpc) is 2.85. The van der Waals surface area contributed by atoms with Crippen molar-refractivity contribution < 1.29 is 4.79 Å². The van der Waals surface area contributed by atoms with E-state index < -0.39 is 0 Å². The number of benzene rings is 1. The molecular formula is C23H25N7O2. The predicted octanol–water partition coefficient (Wildman–Crippen LogP) is 0.600. The smallest absolute Gasteiger partial charge is 0.255 e. The van der Waals surface area contributed by atoms with Crippen LogP contribution in [0.25, 0.3) is 11.4 Å². The zero-order chi connectivity index (χ0) is 22.1. The summed E-state index contributed by atoms with van der Waals surface area (Å²) in [4.78, 5) is 42.7. The first-order valence-electron chi connectivity index (χ1n) is 10.8. The van der Waals surface area contributed by atoms with Crippen LogP contribution in [0.15, 0.2) is 53.7 Å². The van der Waals surface area contributed by atoms with Crippen molar-refractivity contribution in [1.82, 2.24) is 29.7 Å². The third-order valence-corrected chi connectivity index (χ3v) is 6.15. The van der Waals surface area contributed by atoms with E-state index >= 15 is 0 Å². The largest absolute Gasteiger partial charge is 0.339 e. The van der Waals surface area contributed by atoms with Gasteiger partial charge in [-0.15, -0.1) is 0 Å². The highest BCUT2D eigenvalue weighted by Gasteiger charge is 2.32. The number of amides is 1. The van der Waals surface area contributed by atoms with Crippen LogP contribution in [0.1, 0.15) is 11.1 Å². The highest BCUT2D eigenvalue weighted by atomic mass is 16.2. The van der Waals surface area contributed by atoms with Gasteiger partial charge in [0.05, 0.1) is 11.4 Å². The summed E-state index contributed by atoms with van der Waals surface area (Å²) in [6, 6.07) is 11.1. The van der Waals surface area contributed by atoms with Crippen molar-refractivity contribution in [1.29, 1.82) is 0 Å². The number of carbonyl (C=O) groups is 1. The molecule has 1 N–H and O–H groups in total. The Morgan fingerprint density at radius 2 is 1.97 bits per heavy atom. The van der Waals surface area contributed by atoms with Gasteiger partial charge in [-0.05, 0) is 23.6 Å². The fourth-order valence-electron chi connectivity index (χ4n) is 4.38. The number of anilines is 1. The quantitative estimate of drug-likeness (QED) is 0.649. The standard InChI is InChI=1S/C23H25N7O2/c1-28-21(31)12-19(18-6-8-24-15-26-18)27-23(28)30-11-9-25-20(14-30)22(32)29-10-7-16-4-2-3-5-17(16)13-29/h2-6,8,12,15,20,25H,7,9-11,13-14H2,1H3. The Balaban J connectivity index is 1.37. The molecule has 2 aliphatic rings. The highest BCUT2D eigenvalue weighted by Crippen LogP contribution is 2.21. The molecule has 2 aromatic heterocycles. The molecule has 0 spiro atoms. The van der Waals surface area contributed by atoms with Crippen molar-refractivity contribution in [2.45, 2.75) is 19.0 Å². The third-order valence-electron chi connectivity index (χ3n) is 6.15. The molecule has 1 atom stereocenters. The molecule has 0 bridgehead atoms. The normalized spacial score (nSPS) is 18.3. The molecule has 0 radical (unpaired) electrons. The van der Waals surface area contributed by atoms with E-state index in [2.05, 4.69) is 27.4 Å². The van der Waals surface area contributed by atoms with Gasteiger partial charge in [-0.3, -0.25) is 14.2 Å². The summed E-state index contributed by atoms with van der Waals surface area (Å²) in [6.45, 7) is 3.08. The summed E-state index contributed by atoms with van der Waals surface area (Å²) in [5.74, 6) is 0.621. The predicted molar refractivity (Wildman–Crippen MR) is 120 cm³/mol. The first-order chi connectivity index (χ1) is 15.6. The number of carbonyl (C=O) groups excluding carboxylic acids is 1. The Labute approximate surface area is 185 Å². The van der Waals surface area contributed by atoms with Crippen LogP contribution in [0.2, 0.25) is 0 Å². The summed E-state index contributed by atoms with van der Waals surface area (Å²) in [6.07, 6.45) is 3.93. The molecule has 0 aliphatic carbocycles. The van der Waals surface area contributed by atoms with E-state index in [4.69, 9.17) is 4.98 Å². The first-order valence-corrected chi connectivity index (χ1v) is 10.8. The van der Waals surface area contributed by atoms with E-state index in [1.807, 2.05) is 21.9 Å². The molecular weight excluding hydrogens is 406 g/mol. The number of aromatic nitrogens is 4. The summed E-state index contributed by atoms with van der Waals surface area (Å²) in [5, 5.41) is 3.35. The van der Waals surface area contributed by atoms with Gasteiger partial charge >= 0.3 is 0 Å². The summed E-state index contributed by atoms with van der Waals surface area (Å²) >= 11 is 0. The molecule has 4 heterocycles. The lowest BCUT2D eigenvalue weighted by Gasteiger charge is -2.38. The monoisotopic (exact) mass is 431 g/mol. The van der Waals surface area contributed by atoms with Crippen molar-refractivity contribution in [2.24, 2.45) is 7.05 Å². The van der Waals surface area contributed by atoms with Crippen molar-refractivity contribution in [3.8, 4) is 11.4 Å². The van der Waals surface area contributed by atoms with Crippen molar-refractivity contribution in [3.05, 3.63) is 70.4 Å². The second-order valence-electron chi connectivity index (χ2n) is 8.16. The number of nitrogens with one attached hydrogen (secondary N) is 1. The van der Waals surface area contributed by atoms with E-state index in [-0.39, 0.29) is 17.5 Å². The van der Waals surface area contributed by atoms with Gasteiger partial charge in [-0.2, -0.15) is 0 Å². The maximum Gasteiger partial charge on any atom is 0.255 e. The summed E-state index contributed by atoms with van der Waals surface area (Å²) in [5.41, 5.74) is 3.45. The third kappa shape index (κ3) is 3.87. The van der Waals surface area contributed by atoms with E-state index in [0.717, 1.165) is 6.42 Å². The van der Waals surface area contributed by atoms with E-state index in [1.165, 1.54) is 28.1 Å². The molecule has 1 aromatic carbocycles. The SMILES string of the molecule is Cn1c(N2CCNC(C(=O)N3CCc4ccccc4C3)C2)nc(-c2ccncn2)cc1=O. The molecule has 32 heavy (non-hydrogen) atoms. The number of piperazine rings is 1. The molecule has 3 aromatic rings. The summed E-state index contributed by atoms with van der Waals surface area (Å²) in [7, 11) is 1.70. The Morgan fingerprint density at radius 3 is 2.78 bits per heavy atom. The van der Waals surface area contributed by atoms with Crippen LogP contribution >= 0.6 is 0 Å². The van der Waals surface area contributed by atoms with Crippen LogP contribution in [0.5, 0.6) is 0 Å². The highest BCUT2D eigenvalue weighted by molar-refractivity contribution is 5.83. The molecule has 1 unspecified atom stereocenters. The van der Waals surface area contributed by atoms with Crippen LogP contribution in [0.4, 0.5) is 5.95 Å². The van der Waals surface area contributed by atoms with E-state index in [1.54, 1.807) is 19.3 Å². The minimum Gasteiger partial charge on any atom is -0.339 e. The molecule has 9 heteroatoms. The van der Waals surface area contributed by atoms with Gasteiger partial charge in [-0.1, -0.05) is 24.3 Å². The van der Waals surface area contributed by atoms with Gasteiger partial charge in [-0.25, -0.2) is 15.0 Å². The zero-order valence-corrected chi connectivity index (χ0v) is 17.9. The second kappa shape index (κ2) is 8.51. The minimum atomic E-state index is -0.353. The van der Waals surface area contributed by atoms with Gasteiger partial charge < -0.3 is 15.1 Å². The van der Waals surface area contributed by atoms with Gasteiger partial charge in [0.2, 0.25) is 11.9 Å². The molecule has 1 saturated heterocycles. The van der Waals surface area contributed by atoms with Crippen molar-refractivity contribution in [2.75, 3.05) is 31.1 Å². The van der Waals surface area contributed by atoms with Crippen LogP contribution in [0.3, 0.4) is 0 Å². The van der Waals surface area contributed by atoms with E-state index in [9.17, 15) is 9.59 Å². The topological polar surface area (TPSA) is 96.2 Å². The average molecular weight is 432 g/mol. The lowest BCUT2D eigenvalue weighted by Crippen LogP contribution is -2.59. The maximum atomic E-state index is 13.3. The molecule has 1 amide bonds. The minimum absolute atomic E-state index is 0.0844. The van der Waals surface area contributed by atoms with Crippen LogP contribution in [0, 0.1) is 0 Å². The van der Waals surface area contributed by atoms with Gasteiger partial charge in [0, 0.05) is 52.0 Å². The maximum absolute atomic E-state index is 13.3. The molecule has 1 fully saturated rings. The fraction of sp³-hybridized carbons (Fsp3) is 0.348. The fourth-order valence-corrected chi connectivity index (χ4v) is 4.38. The number of nitrogens with zero attached hydrogens (tertiary/aromatic N) is 6. The first kappa shape index (κ1) is 20.3. The Hall–Kier alpha value is -3.59. The summed E-state index contributed by atoms with van der Waals surface area (Å²) < 4.78 is 1.52. The molecule has 0 saturated carbocycles. The number of fused-ring (bicyclic) bond motifs is 1. The molecule has 2 aliphatic heterocycles. The van der Waals surface area contributed by atoms with Gasteiger partial charge in [0.15, 0.2) is 0 Å². The lowest BCUT2D eigenvalue weighted by atomic mass is 9.99. The Kier molecular flexibility index (Phi) is 5.40. The Morgan fingerprint density at radius 1 is 1.12 bits per heavy atom. The number of rotatable bonds is 3. The van der Waals surface area contributed by atoms with Crippen LogP contribution in [-0.4, -0.2) is 62.5 Å². The van der Waals surface area contributed by atoms with E-state index in [0.29, 0.717) is 50.1 Å². The van der Waals surface area contributed by atoms with Gasteiger partial charge in [0.25, 0.3) is 5.56 Å². The molecule has 164 valence electrons. The van der Waals surface area contributed by atoms with Gasteiger partial charge in [0.1, 0.15) is 12.4 Å². The number of hydrogen-bond acceptors (Lipinski definition) is 7. The lowest BCUT2D eigenvalue weighted by molar-refractivity contribution is -0.134. The van der Waals surface area contributed by atoms with Crippen molar-refractivity contribution >= 4 is 11.9 Å². The molecule has 9 nitrogen and oxygen atoms in total. The Bertz CT molecular complexity index is 1190. The van der Waals surface area contributed by atoms with Crippen molar-refractivity contribution in [3.63, 3.8) is 0 Å².